The first-order valence-corrected chi connectivity index (χ1v) is 7.49. The zero-order valence-electron chi connectivity index (χ0n) is 12.7. The molecule has 0 aliphatic rings. The van der Waals surface area contributed by atoms with E-state index in [1.54, 1.807) is 30.3 Å². The summed E-state index contributed by atoms with van der Waals surface area (Å²) in [6.45, 7) is 0. The topological polar surface area (TPSA) is 84.6 Å². The molecule has 3 rings (SSSR count). The summed E-state index contributed by atoms with van der Waals surface area (Å²) >= 11 is 0. The van der Waals surface area contributed by atoms with Crippen LogP contribution in [0.1, 0.15) is 1.43 Å². The summed E-state index contributed by atoms with van der Waals surface area (Å²) in [5, 5.41) is 0.409. The number of para-hydroxylation sites is 1. The molecule has 108 valence electrons. The Hall–Kier alpha value is -1.44. The molecule has 2 aromatic carbocycles. The SMILES string of the molecule is O=c1c(-c2cccc(S(=O)(=O)O)c2)coc2ccccc12.[H-].[Na+]. The minimum Gasteiger partial charge on any atom is -1.00 e. The van der Waals surface area contributed by atoms with Crippen molar-refractivity contribution in [1.29, 1.82) is 0 Å². The van der Waals surface area contributed by atoms with Crippen molar-refractivity contribution in [3.05, 3.63) is 65.0 Å². The van der Waals surface area contributed by atoms with E-state index in [1.807, 2.05) is 0 Å². The predicted molar refractivity (Wildman–Crippen MR) is 78.8 cm³/mol. The molecule has 0 fully saturated rings. The second-order valence-electron chi connectivity index (χ2n) is 4.48. The summed E-state index contributed by atoms with van der Waals surface area (Å²) in [6, 6.07) is 12.3. The first kappa shape index (κ1) is 16.9. The molecular weight excluding hydrogens is 315 g/mol. The summed E-state index contributed by atoms with van der Waals surface area (Å²) < 4.78 is 36.8. The Balaban J connectivity index is 0.00000132. The van der Waals surface area contributed by atoms with E-state index in [2.05, 4.69) is 0 Å². The molecule has 5 nitrogen and oxygen atoms in total. The van der Waals surface area contributed by atoms with E-state index in [9.17, 15) is 13.2 Å². The van der Waals surface area contributed by atoms with Gasteiger partial charge in [-0.2, -0.15) is 8.42 Å². The molecule has 0 saturated heterocycles. The van der Waals surface area contributed by atoms with Crippen LogP contribution in [0.15, 0.2) is 68.9 Å². The number of fused-ring (bicyclic) bond motifs is 1. The molecule has 1 aromatic heterocycles. The Bertz CT molecular complexity index is 998. The van der Waals surface area contributed by atoms with Crippen LogP contribution in [-0.4, -0.2) is 13.0 Å². The standard InChI is InChI=1S/C15H10O5S.Na.H/c16-15-12-6-1-2-7-14(12)20-9-13(15)10-4-3-5-11(8-10)21(17,18)19;;/h1-9H,(H,17,18,19);;/q;+1;-1. The number of benzene rings is 2. The molecule has 0 aliphatic heterocycles. The van der Waals surface area contributed by atoms with Gasteiger partial charge in [-0.05, 0) is 29.8 Å². The average molecular weight is 326 g/mol. The maximum atomic E-state index is 12.4. The monoisotopic (exact) mass is 326 g/mol. The van der Waals surface area contributed by atoms with Gasteiger partial charge in [0.15, 0.2) is 5.43 Å². The fourth-order valence-electron chi connectivity index (χ4n) is 2.10. The van der Waals surface area contributed by atoms with Crippen LogP contribution in [0.5, 0.6) is 0 Å². The van der Waals surface area contributed by atoms with Gasteiger partial charge in [0.1, 0.15) is 11.8 Å². The van der Waals surface area contributed by atoms with Crippen LogP contribution >= 0.6 is 0 Å². The van der Waals surface area contributed by atoms with Gasteiger partial charge in [0.25, 0.3) is 10.1 Å². The molecule has 0 atom stereocenters. The van der Waals surface area contributed by atoms with Crippen LogP contribution in [0.4, 0.5) is 0 Å². The van der Waals surface area contributed by atoms with Crippen LogP contribution in [0.3, 0.4) is 0 Å². The van der Waals surface area contributed by atoms with Crippen molar-refractivity contribution in [1.82, 2.24) is 0 Å². The van der Waals surface area contributed by atoms with E-state index in [4.69, 9.17) is 8.97 Å². The summed E-state index contributed by atoms with van der Waals surface area (Å²) in [7, 11) is -4.32. The molecular formula is C15H11NaO5S. The smallest absolute Gasteiger partial charge is 1.00 e. The van der Waals surface area contributed by atoms with Crippen LogP contribution in [0.2, 0.25) is 0 Å². The van der Waals surface area contributed by atoms with Gasteiger partial charge in [-0.1, -0.05) is 24.3 Å². The van der Waals surface area contributed by atoms with Gasteiger partial charge in [0.05, 0.1) is 15.8 Å². The summed E-state index contributed by atoms with van der Waals surface area (Å²) in [5.74, 6) is 0. The van der Waals surface area contributed by atoms with Gasteiger partial charge in [-0.25, -0.2) is 0 Å². The first-order chi connectivity index (χ1) is 9.97. The third-order valence-corrected chi connectivity index (χ3v) is 3.97. The summed E-state index contributed by atoms with van der Waals surface area (Å²) in [5.41, 5.74) is 0.797. The van der Waals surface area contributed by atoms with Crippen molar-refractivity contribution in [2.24, 2.45) is 0 Å². The zero-order chi connectivity index (χ0) is 15.0. The Kier molecular flexibility index (Phi) is 4.89. The van der Waals surface area contributed by atoms with Crippen molar-refractivity contribution < 1.29 is 48.4 Å². The molecule has 0 unspecified atom stereocenters. The second-order valence-corrected chi connectivity index (χ2v) is 5.90. The van der Waals surface area contributed by atoms with Gasteiger partial charge < -0.3 is 5.84 Å². The maximum Gasteiger partial charge on any atom is 1.00 e. The van der Waals surface area contributed by atoms with E-state index < -0.39 is 10.1 Å². The van der Waals surface area contributed by atoms with Gasteiger partial charge in [0.2, 0.25) is 0 Å². The Morgan fingerprint density at radius 3 is 2.50 bits per heavy atom. The average Bonchev–Trinajstić information content (AvgIpc) is 2.47. The van der Waals surface area contributed by atoms with E-state index in [-0.39, 0.29) is 46.9 Å². The van der Waals surface area contributed by atoms with Gasteiger partial charge in [0, 0.05) is 0 Å². The number of rotatable bonds is 2. The van der Waals surface area contributed by atoms with Crippen LogP contribution < -0.4 is 35.0 Å². The minimum atomic E-state index is -4.32. The molecule has 0 aliphatic carbocycles. The van der Waals surface area contributed by atoms with Crippen molar-refractivity contribution in [3.63, 3.8) is 0 Å². The quantitative estimate of drug-likeness (QED) is 0.522. The minimum absolute atomic E-state index is 0. The predicted octanol–water partition coefficient (Wildman–Crippen LogP) is -0.177. The van der Waals surface area contributed by atoms with Crippen molar-refractivity contribution >= 4 is 21.1 Å². The van der Waals surface area contributed by atoms with E-state index in [0.717, 1.165) is 0 Å². The molecule has 0 spiro atoms. The molecule has 3 aromatic rings. The molecule has 0 radical (unpaired) electrons. The summed E-state index contributed by atoms with van der Waals surface area (Å²) in [6.07, 6.45) is 1.29. The normalized spacial score (nSPS) is 11.1. The Morgan fingerprint density at radius 2 is 1.77 bits per heavy atom. The third-order valence-electron chi connectivity index (χ3n) is 3.12. The van der Waals surface area contributed by atoms with Gasteiger partial charge >= 0.3 is 29.6 Å². The molecule has 7 heteroatoms. The van der Waals surface area contributed by atoms with Crippen molar-refractivity contribution in [2.75, 3.05) is 0 Å². The molecule has 22 heavy (non-hydrogen) atoms. The molecule has 0 amide bonds. The summed E-state index contributed by atoms with van der Waals surface area (Å²) in [4.78, 5) is 12.1. The molecule has 0 bridgehead atoms. The molecule has 1 N–H and O–H groups in total. The number of hydrogen-bond donors (Lipinski definition) is 1. The van der Waals surface area contributed by atoms with Crippen molar-refractivity contribution in [2.45, 2.75) is 4.90 Å². The first-order valence-electron chi connectivity index (χ1n) is 6.05. The molecule has 0 saturated carbocycles. The Morgan fingerprint density at radius 1 is 1.05 bits per heavy atom. The fraction of sp³-hybridized carbons (Fsp3) is 0. The van der Waals surface area contributed by atoms with Crippen LogP contribution in [0.25, 0.3) is 22.1 Å². The van der Waals surface area contributed by atoms with Crippen molar-refractivity contribution in [3.8, 4) is 11.1 Å². The number of hydrogen-bond acceptors (Lipinski definition) is 4. The van der Waals surface area contributed by atoms with Gasteiger partial charge in [-0.15, -0.1) is 0 Å². The second kappa shape index (κ2) is 6.36. The van der Waals surface area contributed by atoms with Gasteiger partial charge in [-0.3, -0.25) is 9.35 Å². The largest absolute Gasteiger partial charge is 1.00 e. The van der Waals surface area contributed by atoms with E-state index >= 15 is 0 Å². The van der Waals surface area contributed by atoms with Crippen LogP contribution in [-0.2, 0) is 10.1 Å². The van der Waals surface area contributed by atoms with E-state index in [1.165, 1.54) is 24.5 Å². The maximum absolute atomic E-state index is 12.4. The molecule has 1 heterocycles. The van der Waals surface area contributed by atoms with Crippen LogP contribution in [0, 0.1) is 0 Å². The fourth-order valence-corrected chi connectivity index (χ4v) is 2.63. The third kappa shape index (κ3) is 3.16. The Labute approximate surface area is 150 Å². The van der Waals surface area contributed by atoms with E-state index in [0.29, 0.717) is 16.5 Å². The zero-order valence-corrected chi connectivity index (χ0v) is 14.5.